The molecule has 0 fully saturated rings. The summed E-state index contributed by atoms with van der Waals surface area (Å²) in [6, 6.07) is 18.2. The molecule has 7 heteroatoms. The van der Waals surface area contributed by atoms with Crippen molar-refractivity contribution < 1.29 is 12.8 Å². The largest absolute Gasteiger partial charge is 0.378 e. The topological polar surface area (TPSA) is 58.2 Å². The van der Waals surface area contributed by atoms with Crippen LogP contribution >= 0.6 is 11.6 Å². The van der Waals surface area contributed by atoms with Crippen molar-refractivity contribution in [2.45, 2.75) is 23.3 Å². The van der Waals surface area contributed by atoms with E-state index in [-0.39, 0.29) is 28.6 Å². The van der Waals surface area contributed by atoms with E-state index in [1.54, 1.807) is 48.5 Å². The van der Waals surface area contributed by atoms with Crippen molar-refractivity contribution in [2.75, 3.05) is 10.0 Å². The lowest BCUT2D eigenvalue weighted by Crippen LogP contribution is -2.30. The fourth-order valence-electron chi connectivity index (χ4n) is 4.51. The molecule has 0 saturated heterocycles. The first-order chi connectivity index (χ1) is 14.9. The number of anilines is 2. The van der Waals surface area contributed by atoms with Crippen LogP contribution in [0.3, 0.4) is 0 Å². The zero-order chi connectivity index (χ0) is 21.6. The predicted molar refractivity (Wildman–Crippen MR) is 121 cm³/mol. The summed E-state index contributed by atoms with van der Waals surface area (Å²) in [5, 5.41) is 3.98. The molecule has 0 spiro atoms. The maximum Gasteiger partial charge on any atom is 0.261 e. The van der Waals surface area contributed by atoms with Gasteiger partial charge in [0.05, 0.1) is 10.9 Å². The predicted octanol–water partition coefficient (Wildman–Crippen LogP) is 6.11. The summed E-state index contributed by atoms with van der Waals surface area (Å²) in [6.07, 6.45) is 4.99. The number of allylic oxidation sites excluding steroid dienone is 2. The molecule has 0 amide bonds. The Morgan fingerprint density at radius 2 is 1.77 bits per heavy atom. The minimum atomic E-state index is -3.77. The SMILES string of the molecule is O=S(=O)(Nc1ccc(Cl)cc1)c1ccc2c(c1)[C@H]1C=CC[C@H]1[C@@H](c1ccccc1F)N2. The van der Waals surface area contributed by atoms with Crippen molar-refractivity contribution >= 4 is 33.0 Å². The first kappa shape index (κ1) is 20.1. The van der Waals surface area contributed by atoms with E-state index in [0.29, 0.717) is 16.3 Å². The lowest BCUT2D eigenvalue weighted by molar-refractivity contribution is 0.413. The van der Waals surface area contributed by atoms with E-state index in [2.05, 4.69) is 22.2 Å². The maximum atomic E-state index is 14.5. The van der Waals surface area contributed by atoms with E-state index in [1.165, 1.54) is 6.07 Å². The number of sulfonamides is 1. The van der Waals surface area contributed by atoms with E-state index >= 15 is 0 Å². The molecule has 3 aromatic rings. The molecule has 0 bridgehead atoms. The van der Waals surface area contributed by atoms with Gasteiger partial charge in [-0.05, 0) is 66.4 Å². The molecule has 0 aromatic heterocycles. The van der Waals surface area contributed by atoms with Gasteiger partial charge in [0.1, 0.15) is 5.82 Å². The lowest BCUT2D eigenvalue weighted by Gasteiger charge is -2.37. The van der Waals surface area contributed by atoms with Crippen LogP contribution in [0.5, 0.6) is 0 Å². The van der Waals surface area contributed by atoms with Crippen LogP contribution in [-0.4, -0.2) is 8.42 Å². The van der Waals surface area contributed by atoms with Gasteiger partial charge in [0.15, 0.2) is 0 Å². The summed E-state index contributed by atoms with van der Waals surface area (Å²) in [7, 11) is -3.77. The molecule has 1 aliphatic carbocycles. The highest BCUT2D eigenvalue weighted by Gasteiger charge is 2.39. The second-order valence-electron chi connectivity index (χ2n) is 7.86. The normalized spacial score (nSPS) is 21.8. The van der Waals surface area contributed by atoms with Gasteiger partial charge in [0.25, 0.3) is 10.0 Å². The third kappa shape index (κ3) is 3.70. The van der Waals surface area contributed by atoms with Gasteiger partial charge in [0, 0.05) is 27.9 Å². The van der Waals surface area contributed by atoms with Crippen molar-refractivity contribution in [3.63, 3.8) is 0 Å². The van der Waals surface area contributed by atoms with Gasteiger partial charge in [-0.1, -0.05) is 42.0 Å². The Kier molecular flexibility index (Phi) is 4.99. The van der Waals surface area contributed by atoms with Crippen LogP contribution in [0.2, 0.25) is 5.02 Å². The standard InChI is InChI=1S/C24H20ClFN2O2S/c25-15-8-10-16(11-9-15)28-31(29,30)17-12-13-23-21(14-17)18-5-3-6-19(18)24(27-23)20-4-1-2-7-22(20)26/h1-5,7-14,18-19,24,27-28H,6H2/t18-,19+,24-/m0/s1. The molecule has 0 radical (unpaired) electrons. The summed E-state index contributed by atoms with van der Waals surface area (Å²) >= 11 is 5.88. The summed E-state index contributed by atoms with van der Waals surface area (Å²) in [4.78, 5) is 0.186. The minimum Gasteiger partial charge on any atom is -0.378 e. The lowest BCUT2D eigenvalue weighted by atomic mass is 9.77. The van der Waals surface area contributed by atoms with E-state index in [1.807, 2.05) is 12.1 Å². The van der Waals surface area contributed by atoms with Crippen LogP contribution < -0.4 is 10.0 Å². The number of hydrogen-bond acceptors (Lipinski definition) is 3. The second-order valence-corrected chi connectivity index (χ2v) is 9.98. The van der Waals surface area contributed by atoms with Gasteiger partial charge in [0.2, 0.25) is 0 Å². The highest BCUT2D eigenvalue weighted by Crippen LogP contribution is 2.50. The van der Waals surface area contributed by atoms with Crippen molar-refractivity contribution in [2.24, 2.45) is 5.92 Å². The second kappa shape index (κ2) is 7.70. The molecule has 3 atom stereocenters. The van der Waals surface area contributed by atoms with Gasteiger partial charge in [-0.25, -0.2) is 12.8 Å². The van der Waals surface area contributed by atoms with E-state index in [0.717, 1.165) is 17.7 Å². The van der Waals surface area contributed by atoms with Gasteiger partial charge in [-0.3, -0.25) is 4.72 Å². The number of benzene rings is 3. The van der Waals surface area contributed by atoms with Crippen LogP contribution in [0.15, 0.2) is 83.8 Å². The molecule has 3 aromatic carbocycles. The van der Waals surface area contributed by atoms with Crippen LogP contribution in [0.25, 0.3) is 0 Å². The Balaban J connectivity index is 1.50. The Morgan fingerprint density at radius 3 is 2.55 bits per heavy atom. The Bertz CT molecular complexity index is 1270. The zero-order valence-corrected chi connectivity index (χ0v) is 18.0. The van der Waals surface area contributed by atoms with Crippen molar-refractivity contribution in [1.29, 1.82) is 0 Å². The first-order valence-corrected chi connectivity index (χ1v) is 11.9. The number of hydrogen-bond donors (Lipinski definition) is 2. The molecule has 5 rings (SSSR count). The number of rotatable bonds is 4. The van der Waals surface area contributed by atoms with Crippen molar-refractivity contribution in [1.82, 2.24) is 0 Å². The monoisotopic (exact) mass is 454 g/mol. The molecule has 158 valence electrons. The number of fused-ring (bicyclic) bond motifs is 3. The van der Waals surface area contributed by atoms with E-state index in [4.69, 9.17) is 11.6 Å². The third-order valence-electron chi connectivity index (χ3n) is 5.98. The summed E-state index contributed by atoms with van der Waals surface area (Å²) in [5.41, 5.74) is 2.81. The first-order valence-electron chi connectivity index (χ1n) is 10.0. The van der Waals surface area contributed by atoms with Crippen LogP contribution in [0.1, 0.15) is 29.5 Å². The highest BCUT2D eigenvalue weighted by molar-refractivity contribution is 7.92. The Labute approximate surface area is 185 Å². The summed E-state index contributed by atoms with van der Waals surface area (Å²) < 4.78 is 43.0. The zero-order valence-electron chi connectivity index (χ0n) is 16.4. The fraction of sp³-hybridized carbons (Fsp3) is 0.167. The van der Waals surface area contributed by atoms with E-state index < -0.39 is 10.0 Å². The molecule has 4 nitrogen and oxygen atoms in total. The molecule has 1 heterocycles. The van der Waals surface area contributed by atoms with Gasteiger partial charge in [-0.2, -0.15) is 0 Å². The van der Waals surface area contributed by atoms with Gasteiger partial charge >= 0.3 is 0 Å². The molecule has 0 saturated carbocycles. The molecule has 2 aliphatic rings. The molecule has 31 heavy (non-hydrogen) atoms. The maximum absolute atomic E-state index is 14.5. The molecular weight excluding hydrogens is 435 g/mol. The third-order valence-corrected chi connectivity index (χ3v) is 7.61. The van der Waals surface area contributed by atoms with Crippen LogP contribution in [0, 0.1) is 11.7 Å². The Morgan fingerprint density at radius 1 is 1.00 bits per heavy atom. The summed E-state index contributed by atoms with van der Waals surface area (Å²) in [5.74, 6) is -0.0985. The number of halogens is 2. The molecular formula is C24H20ClFN2O2S. The van der Waals surface area contributed by atoms with Crippen LogP contribution in [-0.2, 0) is 10.0 Å². The molecule has 0 unspecified atom stereocenters. The van der Waals surface area contributed by atoms with Crippen molar-refractivity contribution in [3.8, 4) is 0 Å². The van der Waals surface area contributed by atoms with Crippen LogP contribution in [0.4, 0.5) is 15.8 Å². The average molecular weight is 455 g/mol. The smallest absolute Gasteiger partial charge is 0.261 e. The van der Waals surface area contributed by atoms with Gasteiger partial charge < -0.3 is 5.32 Å². The molecule has 2 N–H and O–H groups in total. The minimum absolute atomic E-state index is 0.0199. The van der Waals surface area contributed by atoms with Crippen molar-refractivity contribution in [3.05, 3.63) is 101 Å². The quantitative estimate of drug-likeness (QED) is 0.468. The Hall–Kier alpha value is -2.83. The molecule has 1 aliphatic heterocycles. The average Bonchev–Trinajstić information content (AvgIpc) is 3.25. The van der Waals surface area contributed by atoms with E-state index in [9.17, 15) is 12.8 Å². The van der Waals surface area contributed by atoms with Gasteiger partial charge in [-0.15, -0.1) is 0 Å². The summed E-state index contributed by atoms with van der Waals surface area (Å²) in [6.45, 7) is 0. The number of nitrogens with one attached hydrogen (secondary N) is 2. The highest BCUT2D eigenvalue weighted by atomic mass is 35.5. The fourth-order valence-corrected chi connectivity index (χ4v) is 5.73.